The molecule has 3 nitrogen and oxygen atoms in total. The molecule has 0 spiro atoms. The van der Waals surface area contributed by atoms with Gasteiger partial charge in [-0.1, -0.05) is 41.4 Å². The molecule has 0 radical (unpaired) electrons. The molecule has 1 atom stereocenters. The van der Waals surface area contributed by atoms with Gasteiger partial charge in [-0.2, -0.15) is 0 Å². The van der Waals surface area contributed by atoms with E-state index in [1.54, 1.807) is 32.2 Å². The maximum atomic E-state index is 13.6. The summed E-state index contributed by atoms with van der Waals surface area (Å²) in [5, 5.41) is 2.86. The smallest absolute Gasteiger partial charge is 0.317 e. The number of rotatable bonds is 4. The van der Waals surface area contributed by atoms with Gasteiger partial charge >= 0.3 is 6.03 Å². The number of hydrogen-bond acceptors (Lipinski definition) is 1. The highest BCUT2D eigenvalue weighted by molar-refractivity contribution is 6.35. The molecule has 0 aromatic heterocycles. The van der Waals surface area contributed by atoms with Gasteiger partial charge in [0, 0.05) is 24.2 Å². The van der Waals surface area contributed by atoms with Crippen LogP contribution in [0.5, 0.6) is 0 Å². The summed E-state index contributed by atoms with van der Waals surface area (Å²) in [6.45, 7) is 1.78. The van der Waals surface area contributed by atoms with Crippen molar-refractivity contribution in [3.05, 3.63) is 69.2 Å². The molecule has 1 N–H and O–H groups in total. The molecule has 2 amide bonds. The number of hydrogen-bond donors (Lipinski definition) is 1. The Kier molecular flexibility index (Phi) is 6.02. The molecule has 2 rings (SSSR count). The Morgan fingerprint density at radius 1 is 1.17 bits per heavy atom. The highest BCUT2D eigenvalue weighted by Crippen LogP contribution is 2.28. The number of benzene rings is 2. The van der Waals surface area contributed by atoms with Crippen LogP contribution in [0.3, 0.4) is 0 Å². The van der Waals surface area contributed by atoms with Crippen LogP contribution in [0.4, 0.5) is 13.6 Å². The molecule has 2 aromatic carbocycles. The molecule has 0 heterocycles. The number of carbonyl (C=O) groups excluding carboxylic acids is 1. The van der Waals surface area contributed by atoms with Crippen molar-refractivity contribution in [1.29, 1.82) is 0 Å². The SMILES string of the molecule is CC(NC(=O)N(C)Cc1ccccc1F)c1cc(F)c(Cl)cc1Cl. The molecule has 24 heavy (non-hydrogen) atoms. The van der Waals surface area contributed by atoms with Gasteiger partial charge in [-0.3, -0.25) is 0 Å². The second-order valence-electron chi connectivity index (χ2n) is 5.41. The largest absolute Gasteiger partial charge is 0.331 e. The summed E-state index contributed by atoms with van der Waals surface area (Å²) >= 11 is 11.7. The molecule has 7 heteroatoms. The zero-order chi connectivity index (χ0) is 17.9. The zero-order valence-corrected chi connectivity index (χ0v) is 14.6. The fourth-order valence-corrected chi connectivity index (χ4v) is 2.74. The van der Waals surface area contributed by atoms with Crippen molar-refractivity contribution < 1.29 is 13.6 Å². The van der Waals surface area contributed by atoms with Crippen LogP contribution in [-0.4, -0.2) is 18.0 Å². The van der Waals surface area contributed by atoms with Crippen LogP contribution >= 0.6 is 23.2 Å². The maximum Gasteiger partial charge on any atom is 0.317 e. The summed E-state index contributed by atoms with van der Waals surface area (Å²) in [6, 6.07) is 7.72. The van der Waals surface area contributed by atoms with Gasteiger partial charge in [0.05, 0.1) is 11.1 Å². The fourth-order valence-electron chi connectivity index (χ4n) is 2.20. The van der Waals surface area contributed by atoms with Gasteiger partial charge in [0.1, 0.15) is 11.6 Å². The van der Waals surface area contributed by atoms with E-state index in [1.807, 2.05) is 0 Å². The number of nitrogens with one attached hydrogen (secondary N) is 1. The van der Waals surface area contributed by atoms with E-state index >= 15 is 0 Å². The molecule has 0 aliphatic rings. The number of amides is 2. The Hall–Kier alpha value is -1.85. The van der Waals surface area contributed by atoms with E-state index in [4.69, 9.17) is 23.2 Å². The Morgan fingerprint density at radius 3 is 2.50 bits per heavy atom. The molecule has 0 saturated heterocycles. The second-order valence-corrected chi connectivity index (χ2v) is 6.22. The number of halogens is 4. The van der Waals surface area contributed by atoms with Crippen molar-refractivity contribution in [2.45, 2.75) is 19.5 Å². The molecule has 0 bridgehead atoms. The van der Waals surface area contributed by atoms with Crippen LogP contribution in [0.15, 0.2) is 36.4 Å². The average molecular weight is 373 g/mol. The van der Waals surface area contributed by atoms with E-state index < -0.39 is 17.9 Å². The monoisotopic (exact) mass is 372 g/mol. The van der Waals surface area contributed by atoms with Crippen molar-refractivity contribution in [1.82, 2.24) is 10.2 Å². The standard InChI is InChI=1S/C17H16Cl2F2N2O/c1-10(12-7-16(21)14(19)8-13(12)18)22-17(24)23(2)9-11-5-3-4-6-15(11)20/h3-8,10H,9H2,1-2H3,(H,22,24). The van der Waals surface area contributed by atoms with E-state index in [0.717, 1.165) is 0 Å². The lowest BCUT2D eigenvalue weighted by Crippen LogP contribution is -2.38. The molecule has 0 saturated carbocycles. The third-order valence-electron chi connectivity index (χ3n) is 3.56. The highest BCUT2D eigenvalue weighted by atomic mass is 35.5. The van der Waals surface area contributed by atoms with Gasteiger partial charge in [-0.15, -0.1) is 0 Å². The third-order valence-corrected chi connectivity index (χ3v) is 4.18. The van der Waals surface area contributed by atoms with E-state index in [0.29, 0.717) is 11.1 Å². The van der Waals surface area contributed by atoms with Crippen molar-refractivity contribution in [3.63, 3.8) is 0 Å². The molecule has 2 aromatic rings. The summed E-state index contributed by atoms with van der Waals surface area (Å²) in [7, 11) is 1.54. The van der Waals surface area contributed by atoms with Crippen molar-refractivity contribution in [3.8, 4) is 0 Å². The first-order valence-corrected chi connectivity index (χ1v) is 7.94. The Morgan fingerprint density at radius 2 is 1.83 bits per heavy atom. The van der Waals surface area contributed by atoms with Crippen LogP contribution < -0.4 is 5.32 Å². The first kappa shape index (κ1) is 18.5. The van der Waals surface area contributed by atoms with Crippen LogP contribution in [0, 0.1) is 11.6 Å². The predicted molar refractivity (Wildman–Crippen MR) is 91.2 cm³/mol. The lowest BCUT2D eigenvalue weighted by atomic mass is 10.1. The topological polar surface area (TPSA) is 32.3 Å². The molecular formula is C17H16Cl2F2N2O. The van der Waals surface area contributed by atoms with Crippen LogP contribution in [0.25, 0.3) is 0 Å². The van der Waals surface area contributed by atoms with E-state index in [1.165, 1.54) is 23.1 Å². The maximum absolute atomic E-state index is 13.6. The second kappa shape index (κ2) is 7.81. The molecule has 1 unspecified atom stereocenters. The van der Waals surface area contributed by atoms with Crippen molar-refractivity contribution >= 4 is 29.2 Å². The van der Waals surface area contributed by atoms with Crippen LogP contribution in [0.1, 0.15) is 24.1 Å². The van der Waals surface area contributed by atoms with Gasteiger partial charge in [0.2, 0.25) is 0 Å². The third kappa shape index (κ3) is 4.36. The van der Waals surface area contributed by atoms with Crippen LogP contribution in [0.2, 0.25) is 10.0 Å². The van der Waals surface area contributed by atoms with E-state index in [2.05, 4.69) is 5.32 Å². The summed E-state index contributed by atoms with van der Waals surface area (Å²) < 4.78 is 27.2. The van der Waals surface area contributed by atoms with Gasteiger partial charge in [-0.05, 0) is 30.7 Å². The predicted octanol–water partition coefficient (Wildman–Crippen LogP) is 5.17. The van der Waals surface area contributed by atoms with Crippen molar-refractivity contribution in [2.75, 3.05) is 7.05 Å². The van der Waals surface area contributed by atoms with E-state index in [9.17, 15) is 13.6 Å². The Bertz CT molecular complexity index is 755. The molecule has 128 valence electrons. The molecule has 0 fully saturated rings. The summed E-state index contributed by atoms with van der Waals surface area (Å²) in [4.78, 5) is 13.6. The minimum atomic E-state index is -0.614. The Labute approximate surface area is 149 Å². The first-order chi connectivity index (χ1) is 11.3. The van der Waals surface area contributed by atoms with E-state index in [-0.39, 0.29) is 22.4 Å². The summed E-state index contributed by atoms with van der Waals surface area (Å²) in [6.07, 6.45) is 0. The fraction of sp³-hybridized carbons (Fsp3) is 0.235. The lowest BCUT2D eigenvalue weighted by molar-refractivity contribution is 0.203. The van der Waals surface area contributed by atoms with Crippen LogP contribution in [-0.2, 0) is 6.54 Å². The Balaban J connectivity index is 2.06. The van der Waals surface area contributed by atoms with Gasteiger partial charge in [-0.25, -0.2) is 13.6 Å². The molecule has 0 aliphatic carbocycles. The zero-order valence-electron chi connectivity index (χ0n) is 13.1. The van der Waals surface area contributed by atoms with Crippen molar-refractivity contribution in [2.24, 2.45) is 0 Å². The quantitative estimate of drug-likeness (QED) is 0.737. The van der Waals surface area contributed by atoms with Gasteiger partial charge in [0.15, 0.2) is 0 Å². The first-order valence-electron chi connectivity index (χ1n) is 7.19. The molecular weight excluding hydrogens is 357 g/mol. The minimum absolute atomic E-state index is 0.0843. The number of carbonyl (C=O) groups is 1. The highest BCUT2D eigenvalue weighted by Gasteiger charge is 2.18. The average Bonchev–Trinajstić information content (AvgIpc) is 2.52. The lowest BCUT2D eigenvalue weighted by Gasteiger charge is -2.22. The minimum Gasteiger partial charge on any atom is -0.331 e. The number of urea groups is 1. The van der Waals surface area contributed by atoms with Gasteiger partial charge < -0.3 is 10.2 Å². The normalized spacial score (nSPS) is 11.9. The molecule has 0 aliphatic heterocycles. The number of nitrogens with zero attached hydrogens (tertiary/aromatic N) is 1. The summed E-state index contributed by atoms with van der Waals surface area (Å²) in [5.41, 5.74) is 0.810. The van der Waals surface area contributed by atoms with Gasteiger partial charge in [0.25, 0.3) is 0 Å². The summed E-state index contributed by atoms with van der Waals surface area (Å²) in [5.74, 6) is -0.995.